The SMILES string of the molecule is C.CO.Oc1ccccc1OCCCCl. The minimum Gasteiger partial charge on any atom is -0.504 e. The second-order valence-corrected chi connectivity index (χ2v) is 2.74. The number of para-hydroxylation sites is 2. The Morgan fingerprint density at radius 2 is 1.87 bits per heavy atom. The average Bonchev–Trinajstić information content (AvgIpc) is 2.24. The average molecular weight is 235 g/mol. The van der Waals surface area contributed by atoms with Crippen LogP contribution in [0.2, 0.25) is 0 Å². The largest absolute Gasteiger partial charge is 0.504 e. The van der Waals surface area contributed by atoms with Crippen molar-refractivity contribution in [1.82, 2.24) is 0 Å². The summed E-state index contributed by atoms with van der Waals surface area (Å²) in [7, 11) is 1.00. The van der Waals surface area contributed by atoms with E-state index >= 15 is 0 Å². The Bertz CT molecular complexity index is 241. The summed E-state index contributed by atoms with van der Waals surface area (Å²) in [5.41, 5.74) is 0. The first-order valence-corrected chi connectivity index (χ1v) is 4.79. The Hall–Kier alpha value is -0.930. The molecule has 4 heteroatoms. The summed E-state index contributed by atoms with van der Waals surface area (Å²) in [6, 6.07) is 6.89. The fourth-order valence-electron chi connectivity index (χ4n) is 0.816. The summed E-state index contributed by atoms with van der Waals surface area (Å²) in [6.07, 6.45) is 0.788. The van der Waals surface area contributed by atoms with Gasteiger partial charge >= 0.3 is 0 Å². The standard InChI is InChI=1S/C9H11ClO2.CH4O.CH4/c10-6-3-7-12-9-5-2-1-4-8(9)11;1-2;/h1-2,4-5,11H,3,6-7H2;2H,1H3;1H4. The molecule has 0 spiro atoms. The van der Waals surface area contributed by atoms with E-state index in [-0.39, 0.29) is 13.2 Å². The van der Waals surface area contributed by atoms with Gasteiger partial charge in [-0.05, 0) is 18.6 Å². The first-order valence-electron chi connectivity index (χ1n) is 4.26. The third-order valence-electron chi connectivity index (χ3n) is 1.40. The fraction of sp³-hybridized carbons (Fsp3) is 0.455. The number of phenols is 1. The second-order valence-electron chi connectivity index (χ2n) is 2.36. The highest BCUT2D eigenvalue weighted by molar-refractivity contribution is 6.17. The van der Waals surface area contributed by atoms with Crippen LogP contribution >= 0.6 is 11.6 Å². The molecular formula is C11H19ClO3. The number of rotatable bonds is 4. The van der Waals surface area contributed by atoms with E-state index in [4.69, 9.17) is 21.4 Å². The van der Waals surface area contributed by atoms with Gasteiger partial charge < -0.3 is 14.9 Å². The van der Waals surface area contributed by atoms with Crippen LogP contribution in [0, 0.1) is 0 Å². The zero-order valence-electron chi connectivity index (χ0n) is 8.11. The van der Waals surface area contributed by atoms with Crippen LogP contribution in [0.5, 0.6) is 11.5 Å². The molecule has 0 aliphatic carbocycles. The Labute approximate surface area is 96.3 Å². The molecule has 0 radical (unpaired) electrons. The zero-order valence-corrected chi connectivity index (χ0v) is 8.87. The summed E-state index contributed by atoms with van der Waals surface area (Å²) in [4.78, 5) is 0. The van der Waals surface area contributed by atoms with E-state index in [1.165, 1.54) is 0 Å². The highest BCUT2D eigenvalue weighted by atomic mass is 35.5. The van der Waals surface area contributed by atoms with Gasteiger partial charge in [0.1, 0.15) is 0 Å². The van der Waals surface area contributed by atoms with Crippen molar-refractivity contribution in [3.63, 3.8) is 0 Å². The summed E-state index contributed by atoms with van der Waals surface area (Å²) in [6.45, 7) is 0.543. The molecule has 2 N–H and O–H groups in total. The zero-order chi connectivity index (χ0) is 10.8. The van der Waals surface area contributed by atoms with Gasteiger partial charge in [0.2, 0.25) is 0 Å². The van der Waals surface area contributed by atoms with Crippen molar-refractivity contribution in [1.29, 1.82) is 0 Å². The lowest BCUT2D eigenvalue weighted by Gasteiger charge is -2.05. The number of halogens is 1. The normalized spacial score (nSPS) is 8.20. The lowest BCUT2D eigenvalue weighted by molar-refractivity contribution is 0.300. The number of alkyl halides is 1. The molecule has 0 fully saturated rings. The fourth-order valence-corrected chi connectivity index (χ4v) is 0.925. The highest BCUT2D eigenvalue weighted by Gasteiger charge is 1.98. The van der Waals surface area contributed by atoms with Crippen molar-refractivity contribution >= 4 is 11.6 Å². The minimum atomic E-state index is 0. The lowest BCUT2D eigenvalue weighted by Crippen LogP contribution is -1.97. The van der Waals surface area contributed by atoms with Crippen LogP contribution in [0.15, 0.2) is 24.3 Å². The van der Waals surface area contributed by atoms with Crippen LogP contribution in [0.1, 0.15) is 13.8 Å². The number of aliphatic hydroxyl groups excluding tert-OH is 1. The van der Waals surface area contributed by atoms with Crippen LogP contribution in [0.25, 0.3) is 0 Å². The van der Waals surface area contributed by atoms with E-state index in [9.17, 15) is 5.11 Å². The summed E-state index contributed by atoms with van der Waals surface area (Å²) < 4.78 is 5.24. The number of benzene rings is 1. The van der Waals surface area contributed by atoms with Crippen LogP contribution in [0.3, 0.4) is 0 Å². The van der Waals surface area contributed by atoms with Gasteiger partial charge in [0.05, 0.1) is 6.61 Å². The lowest BCUT2D eigenvalue weighted by atomic mass is 10.3. The van der Waals surface area contributed by atoms with E-state index in [2.05, 4.69) is 0 Å². The Balaban J connectivity index is 0. The smallest absolute Gasteiger partial charge is 0.160 e. The molecule has 0 amide bonds. The first-order chi connectivity index (χ1) is 6.84. The minimum absolute atomic E-state index is 0. The highest BCUT2D eigenvalue weighted by Crippen LogP contribution is 2.24. The molecule has 0 aliphatic heterocycles. The van der Waals surface area contributed by atoms with Crippen LogP contribution < -0.4 is 4.74 Å². The maximum absolute atomic E-state index is 9.25. The van der Waals surface area contributed by atoms with Gasteiger partial charge in [0, 0.05) is 13.0 Å². The molecule has 0 heterocycles. The topological polar surface area (TPSA) is 49.7 Å². The Morgan fingerprint density at radius 1 is 1.27 bits per heavy atom. The van der Waals surface area contributed by atoms with Gasteiger partial charge in [0.15, 0.2) is 11.5 Å². The second kappa shape index (κ2) is 11.1. The van der Waals surface area contributed by atoms with Crippen molar-refractivity contribution in [2.75, 3.05) is 19.6 Å². The van der Waals surface area contributed by atoms with Crippen LogP contribution in [0.4, 0.5) is 0 Å². The molecular weight excluding hydrogens is 216 g/mol. The first kappa shape index (κ1) is 16.5. The van der Waals surface area contributed by atoms with Gasteiger partial charge in [-0.1, -0.05) is 19.6 Å². The van der Waals surface area contributed by atoms with Crippen molar-refractivity contribution in [3.05, 3.63) is 24.3 Å². The monoisotopic (exact) mass is 234 g/mol. The molecule has 0 aliphatic rings. The molecule has 0 saturated carbocycles. The van der Waals surface area contributed by atoms with Crippen molar-refractivity contribution in [3.8, 4) is 11.5 Å². The molecule has 0 unspecified atom stereocenters. The van der Waals surface area contributed by atoms with Gasteiger partial charge in [0.25, 0.3) is 0 Å². The summed E-state index contributed by atoms with van der Waals surface area (Å²) >= 11 is 5.47. The number of aliphatic hydroxyl groups is 1. The number of hydrogen-bond acceptors (Lipinski definition) is 3. The van der Waals surface area contributed by atoms with E-state index < -0.39 is 0 Å². The van der Waals surface area contributed by atoms with E-state index in [1.807, 2.05) is 6.07 Å². The van der Waals surface area contributed by atoms with Gasteiger partial charge in [-0.2, -0.15) is 0 Å². The number of aromatic hydroxyl groups is 1. The molecule has 0 aromatic heterocycles. The summed E-state index contributed by atoms with van der Waals surface area (Å²) in [5.74, 6) is 1.27. The number of ether oxygens (including phenoxy) is 1. The van der Waals surface area contributed by atoms with Gasteiger partial charge in [-0.3, -0.25) is 0 Å². The molecule has 1 aromatic carbocycles. The summed E-state index contributed by atoms with van der Waals surface area (Å²) in [5, 5.41) is 16.3. The van der Waals surface area contributed by atoms with Gasteiger partial charge in [-0.25, -0.2) is 0 Å². The van der Waals surface area contributed by atoms with Crippen molar-refractivity contribution < 1.29 is 14.9 Å². The molecule has 0 saturated heterocycles. The predicted octanol–water partition coefficient (Wildman–Crippen LogP) is 2.64. The third-order valence-corrected chi connectivity index (χ3v) is 1.67. The molecule has 1 aromatic rings. The maximum Gasteiger partial charge on any atom is 0.160 e. The Kier molecular flexibility index (Phi) is 12.3. The molecule has 3 nitrogen and oxygen atoms in total. The van der Waals surface area contributed by atoms with Crippen molar-refractivity contribution in [2.45, 2.75) is 13.8 Å². The van der Waals surface area contributed by atoms with E-state index in [1.54, 1.807) is 18.2 Å². The molecule has 1 rings (SSSR count). The van der Waals surface area contributed by atoms with Crippen LogP contribution in [-0.4, -0.2) is 29.8 Å². The van der Waals surface area contributed by atoms with Crippen LogP contribution in [-0.2, 0) is 0 Å². The number of phenolic OH excluding ortho intramolecular Hbond substituents is 1. The molecule has 15 heavy (non-hydrogen) atoms. The predicted molar refractivity (Wildman–Crippen MR) is 63.8 cm³/mol. The molecule has 0 atom stereocenters. The van der Waals surface area contributed by atoms with Gasteiger partial charge in [-0.15, -0.1) is 11.6 Å². The molecule has 88 valence electrons. The van der Waals surface area contributed by atoms with E-state index in [0.717, 1.165) is 13.5 Å². The van der Waals surface area contributed by atoms with E-state index in [0.29, 0.717) is 18.2 Å². The Morgan fingerprint density at radius 3 is 2.40 bits per heavy atom. The number of hydrogen-bond donors (Lipinski definition) is 2. The van der Waals surface area contributed by atoms with Crippen molar-refractivity contribution in [2.24, 2.45) is 0 Å². The molecule has 0 bridgehead atoms. The maximum atomic E-state index is 9.25. The quantitative estimate of drug-likeness (QED) is 0.622. The third kappa shape index (κ3) is 7.05.